The predicted molar refractivity (Wildman–Crippen MR) is 63.6 cm³/mol. The van der Waals surface area contributed by atoms with Gasteiger partial charge in [-0.25, -0.2) is 0 Å². The molecule has 3 aliphatic rings. The Kier molecular flexibility index (Phi) is 2.00. The van der Waals surface area contributed by atoms with Crippen molar-refractivity contribution in [3.63, 3.8) is 0 Å². The molecule has 14 heavy (non-hydrogen) atoms. The lowest BCUT2D eigenvalue weighted by Crippen LogP contribution is -2.49. The molecule has 80 valence electrons. The second-order valence-corrected chi connectivity index (χ2v) is 6.81. The molecule has 3 aliphatic carbocycles. The first kappa shape index (κ1) is 9.57. The summed E-state index contributed by atoms with van der Waals surface area (Å²) >= 11 is 4.67. The van der Waals surface area contributed by atoms with Crippen LogP contribution in [0.15, 0.2) is 0 Å². The fraction of sp³-hybridized carbons (Fsp3) is 1.00. The summed E-state index contributed by atoms with van der Waals surface area (Å²) in [6.07, 6.45) is 6.06. The van der Waals surface area contributed by atoms with Gasteiger partial charge < -0.3 is 0 Å². The monoisotopic (exact) mass is 210 g/mol. The molecule has 3 fully saturated rings. The molecule has 1 heteroatoms. The highest BCUT2D eigenvalue weighted by molar-refractivity contribution is 7.80. The van der Waals surface area contributed by atoms with E-state index < -0.39 is 0 Å². The predicted octanol–water partition coefficient (Wildman–Crippen LogP) is 3.62. The molecule has 0 radical (unpaired) electrons. The zero-order valence-corrected chi connectivity index (χ0v) is 10.3. The van der Waals surface area contributed by atoms with Gasteiger partial charge in [0.1, 0.15) is 0 Å². The molecule has 3 saturated carbocycles. The van der Waals surface area contributed by atoms with Crippen LogP contribution in [-0.2, 0) is 0 Å². The number of thiol groups is 1. The van der Waals surface area contributed by atoms with E-state index in [1.54, 1.807) is 12.8 Å². The molecule has 0 N–H and O–H groups in total. The van der Waals surface area contributed by atoms with E-state index >= 15 is 0 Å². The van der Waals surface area contributed by atoms with Crippen molar-refractivity contribution >= 4 is 12.6 Å². The fourth-order valence-electron chi connectivity index (χ4n) is 4.94. The second kappa shape index (κ2) is 2.93. The summed E-state index contributed by atoms with van der Waals surface area (Å²) < 4.78 is 0. The van der Waals surface area contributed by atoms with Crippen LogP contribution in [0.3, 0.4) is 0 Å². The molecule has 0 aromatic rings. The van der Waals surface area contributed by atoms with Crippen LogP contribution in [0.5, 0.6) is 0 Å². The third-order valence-corrected chi connectivity index (χ3v) is 5.93. The van der Waals surface area contributed by atoms with E-state index in [1.165, 1.54) is 12.8 Å². The Balaban J connectivity index is 1.80. The van der Waals surface area contributed by atoms with Gasteiger partial charge in [-0.05, 0) is 66.4 Å². The standard InChI is InChI=1S/C13H22S/c1-8(2)5-13(7-14)6-10-3-9-4-11(13)12(9)10/h8-12,14H,3-7H2,1-2H3. The molecule has 3 rings (SSSR count). The molecule has 0 nitrogen and oxygen atoms in total. The average molecular weight is 210 g/mol. The molecule has 0 aliphatic heterocycles. The normalized spacial score (nSPS) is 54.0. The van der Waals surface area contributed by atoms with Crippen molar-refractivity contribution in [2.24, 2.45) is 35.0 Å². The summed E-state index contributed by atoms with van der Waals surface area (Å²) in [5.74, 6) is 6.50. The highest BCUT2D eigenvalue weighted by Crippen LogP contribution is 2.73. The van der Waals surface area contributed by atoms with E-state index in [9.17, 15) is 0 Å². The summed E-state index contributed by atoms with van der Waals surface area (Å²) in [5, 5.41) is 0. The van der Waals surface area contributed by atoms with Crippen molar-refractivity contribution in [1.82, 2.24) is 0 Å². The Morgan fingerprint density at radius 3 is 2.57 bits per heavy atom. The zero-order valence-electron chi connectivity index (χ0n) is 9.37. The SMILES string of the molecule is CC(C)CC1(CS)CC2CC3CC1C32. The number of rotatable bonds is 3. The van der Waals surface area contributed by atoms with Crippen molar-refractivity contribution in [3.05, 3.63) is 0 Å². The molecule has 0 aromatic heterocycles. The van der Waals surface area contributed by atoms with Gasteiger partial charge in [0.25, 0.3) is 0 Å². The lowest BCUT2D eigenvalue weighted by Gasteiger charge is -2.56. The van der Waals surface area contributed by atoms with E-state index in [2.05, 4.69) is 26.5 Å². The van der Waals surface area contributed by atoms with Gasteiger partial charge in [-0.15, -0.1) is 0 Å². The van der Waals surface area contributed by atoms with Crippen molar-refractivity contribution in [3.8, 4) is 0 Å². The summed E-state index contributed by atoms with van der Waals surface area (Å²) in [4.78, 5) is 0. The second-order valence-electron chi connectivity index (χ2n) is 6.50. The highest BCUT2D eigenvalue weighted by Gasteiger charge is 2.66. The van der Waals surface area contributed by atoms with Crippen molar-refractivity contribution in [2.45, 2.75) is 39.5 Å². The minimum absolute atomic E-state index is 0.652. The van der Waals surface area contributed by atoms with E-state index in [4.69, 9.17) is 0 Å². The van der Waals surface area contributed by atoms with Crippen LogP contribution in [0.4, 0.5) is 0 Å². The molecule has 5 unspecified atom stereocenters. The summed E-state index contributed by atoms with van der Waals surface area (Å²) in [5.41, 5.74) is 0.652. The van der Waals surface area contributed by atoms with Crippen LogP contribution in [-0.4, -0.2) is 5.75 Å². The molecular weight excluding hydrogens is 188 g/mol. The van der Waals surface area contributed by atoms with Gasteiger partial charge in [0.05, 0.1) is 0 Å². The Bertz CT molecular complexity index is 244. The van der Waals surface area contributed by atoms with E-state index in [1.807, 2.05) is 0 Å². The minimum Gasteiger partial charge on any atom is -0.179 e. The average Bonchev–Trinajstić information content (AvgIpc) is 2.23. The molecule has 0 bridgehead atoms. The quantitative estimate of drug-likeness (QED) is 0.676. The Labute approximate surface area is 93.3 Å². The van der Waals surface area contributed by atoms with Gasteiger partial charge in [0, 0.05) is 0 Å². The molecule has 0 spiro atoms. The largest absolute Gasteiger partial charge is 0.179 e. The maximum absolute atomic E-state index is 4.67. The van der Waals surface area contributed by atoms with Crippen molar-refractivity contribution in [2.75, 3.05) is 5.75 Å². The topological polar surface area (TPSA) is 0 Å². The fourth-order valence-corrected chi connectivity index (χ4v) is 5.43. The minimum atomic E-state index is 0.652. The lowest BCUT2D eigenvalue weighted by molar-refractivity contribution is -0.0644. The summed E-state index contributed by atoms with van der Waals surface area (Å²) in [6.45, 7) is 4.75. The first-order chi connectivity index (χ1) is 6.66. The van der Waals surface area contributed by atoms with E-state index in [0.29, 0.717) is 5.41 Å². The molecule has 0 heterocycles. The van der Waals surface area contributed by atoms with Crippen LogP contribution in [0, 0.1) is 35.0 Å². The van der Waals surface area contributed by atoms with Gasteiger partial charge in [-0.3, -0.25) is 0 Å². The van der Waals surface area contributed by atoms with Crippen LogP contribution in [0.2, 0.25) is 0 Å². The van der Waals surface area contributed by atoms with Gasteiger partial charge in [0.15, 0.2) is 0 Å². The van der Waals surface area contributed by atoms with Gasteiger partial charge in [-0.2, -0.15) is 12.6 Å². The number of hydrogen-bond donors (Lipinski definition) is 1. The highest BCUT2D eigenvalue weighted by atomic mass is 32.1. The molecule has 0 saturated heterocycles. The van der Waals surface area contributed by atoms with E-state index in [-0.39, 0.29) is 0 Å². The number of hydrogen-bond acceptors (Lipinski definition) is 1. The van der Waals surface area contributed by atoms with Crippen LogP contribution < -0.4 is 0 Å². The van der Waals surface area contributed by atoms with Crippen LogP contribution in [0.1, 0.15) is 39.5 Å². The first-order valence-electron chi connectivity index (χ1n) is 6.27. The molecule has 5 atom stereocenters. The Hall–Kier alpha value is 0.350. The molecule has 0 amide bonds. The first-order valence-corrected chi connectivity index (χ1v) is 6.90. The van der Waals surface area contributed by atoms with E-state index in [0.717, 1.165) is 35.3 Å². The Morgan fingerprint density at radius 1 is 1.29 bits per heavy atom. The maximum atomic E-state index is 4.67. The van der Waals surface area contributed by atoms with Crippen LogP contribution in [0.25, 0.3) is 0 Å². The van der Waals surface area contributed by atoms with Crippen molar-refractivity contribution in [1.29, 1.82) is 0 Å². The third-order valence-electron chi connectivity index (χ3n) is 5.30. The van der Waals surface area contributed by atoms with Crippen LogP contribution >= 0.6 is 12.6 Å². The van der Waals surface area contributed by atoms with Crippen molar-refractivity contribution < 1.29 is 0 Å². The lowest BCUT2D eigenvalue weighted by atomic mass is 9.50. The third kappa shape index (κ3) is 1.03. The molecule has 0 aromatic carbocycles. The Morgan fingerprint density at radius 2 is 2.07 bits per heavy atom. The summed E-state index contributed by atoms with van der Waals surface area (Å²) in [6, 6.07) is 0. The summed E-state index contributed by atoms with van der Waals surface area (Å²) in [7, 11) is 0. The van der Waals surface area contributed by atoms with Gasteiger partial charge in [0.2, 0.25) is 0 Å². The zero-order chi connectivity index (χ0) is 9.92. The smallest absolute Gasteiger partial charge is 0.00382 e. The van der Waals surface area contributed by atoms with Gasteiger partial charge in [-0.1, -0.05) is 13.8 Å². The van der Waals surface area contributed by atoms with Gasteiger partial charge >= 0.3 is 0 Å². The maximum Gasteiger partial charge on any atom is -0.00382 e. The molecular formula is C13H22S.